The molecule has 0 aliphatic carbocycles. The molecule has 5 nitrogen and oxygen atoms in total. The fourth-order valence-electron chi connectivity index (χ4n) is 1.77. The Labute approximate surface area is 127 Å². The van der Waals surface area contributed by atoms with Crippen LogP contribution in [0.15, 0.2) is 34.6 Å². The number of unbranched alkanes of at least 4 members (excludes halogenated alkanes) is 1. The maximum Gasteiger partial charge on any atom is 0.306 e. The molecule has 0 aliphatic heterocycles. The summed E-state index contributed by atoms with van der Waals surface area (Å²) in [5, 5.41) is 10.2. The quantitative estimate of drug-likeness (QED) is 0.394. The second kappa shape index (κ2) is 9.91. The molecule has 21 heavy (non-hydrogen) atoms. The van der Waals surface area contributed by atoms with Crippen LogP contribution in [0.5, 0.6) is 0 Å². The highest BCUT2D eigenvalue weighted by Gasteiger charge is 2.02. The van der Waals surface area contributed by atoms with Crippen molar-refractivity contribution in [2.75, 3.05) is 20.2 Å². The minimum absolute atomic E-state index is 0.154. The minimum atomic E-state index is -0.154. The molecule has 0 aliphatic rings. The third-order valence-electron chi connectivity index (χ3n) is 3.01. The summed E-state index contributed by atoms with van der Waals surface area (Å²) in [4.78, 5) is 11.3. The number of nitrogens with zero attached hydrogens (tertiary/aromatic N) is 3. The predicted molar refractivity (Wildman–Crippen MR) is 83.5 cm³/mol. The molecule has 0 heterocycles. The van der Waals surface area contributed by atoms with Crippen LogP contribution in [0.2, 0.25) is 0 Å². The first kappa shape index (κ1) is 17.1. The van der Waals surface area contributed by atoms with Crippen LogP contribution in [0.4, 0.5) is 5.69 Å². The zero-order chi connectivity index (χ0) is 15.5. The summed E-state index contributed by atoms with van der Waals surface area (Å²) >= 11 is 0. The summed E-state index contributed by atoms with van der Waals surface area (Å²) in [6.07, 6.45) is 3.36. The second-order valence-electron chi connectivity index (χ2n) is 4.90. The Bertz CT molecular complexity index is 443. The van der Waals surface area contributed by atoms with Crippen molar-refractivity contribution in [1.82, 2.24) is 5.01 Å². The molecule has 1 aromatic carbocycles. The van der Waals surface area contributed by atoms with Gasteiger partial charge >= 0.3 is 5.97 Å². The van der Waals surface area contributed by atoms with Gasteiger partial charge in [0.1, 0.15) is 0 Å². The topological polar surface area (TPSA) is 54.3 Å². The van der Waals surface area contributed by atoms with Crippen molar-refractivity contribution >= 4 is 11.7 Å². The lowest BCUT2D eigenvalue weighted by Crippen LogP contribution is -2.10. The second-order valence-corrected chi connectivity index (χ2v) is 4.90. The van der Waals surface area contributed by atoms with Gasteiger partial charge in [0.2, 0.25) is 0 Å². The normalized spacial score (nSPS) is 10.8. The molecule has 0 aromatic heterocycles. The SMILES string of the molecule is CCCCN(C)N=Nc1ccc(CCC(=O)OCC)cc1. The van der Waals surface area contributed by atoms with E-state index in [0.717, 1.165) is 30.6 Å². The molecule has 1 aromatic rings. The van der Waals surface area contributed by atoms with Crippen molar-refractivity contribution < 1.29 is 9.53 Å². The molecule has 0 saturated heterocycles. The predicted octanol–water partition coefficient (Wildman–Crippen LogP) is 3.91. The number of hydrogen-bond acceptors (Lipinski definition) is 4. The van der Waals surface area contributed by atoms with Gasteiger partial charge < -0.3 is 4.74 Å². The zero-order valence-electron chi connectivity index (χ0n) is 13.2. The summed E-state index contributed by atoms with van der Waals surface area (Å²) in [7, 11) is 1.92. The molecule has 0 bridgehead atoms. The fraction of sp³-hybridized carbons (Fsp3) is 0.562. The van der Waals surface area contributed by atoms with Crippen LogP contribution in [-0.4, -0.2) is 31.2 Å². The average Bonchev–Trinajstić information content (AvgIpc) is 2.50. The van der Waals surface area contributed by atoms with Gasteiger partial charge in [-0.3, -0.25) is 9.80 Å². The first-order chi connectivity index (χ1) is 10.2. The third kappa shape index (κ3) is 7.44. The molecule has 0 unspecified atom stereocenters. The van der Waals surface area contributed by atoms with E-state index in [0.29, 0.717) is 19.4 Å². The van der Waals surface area contributed by atoms with Crippen molar-refractivity contribution in [3.05, 3.63) is 29.8 Å². The molecule has 0 N–H and O–H groups in total. The van der Waals surface area contributed by atoms with Crippen LogP contribution in [0.1, 0.15) is 38.7 Å². The van der Waals surface area contributed by atoms with Crippen LogP contribution in [0.3, 0.4) is 0 Å². The van der Waals surface area contributed by atoms with Gasteiger partial charge in [0, 0.05) is 20.0 Å². The lowest BCUT2D eigenvalue weighted by atomic mass is 10.1. The van der Waals surface area contributed by atoms with Crippen LogP contribution in [0.25, 0.3) is 0 Å². The molecular weight excluding hydrogens is 266 g/mol. The Hall–Kier alpha value is -1.91. The summed E-state index contributed by atoms with van der Waals surface area (Å²) in [6, 6.07) is 7.77. The number of aryl methyl sites for hydroxylation is 1. The summed E-state index contributed by atoms with van der Waals surface area (Å²) in [5.74, 6) is -0.154. The van der Waals surface area contributed by atoms with Gasteiger partial charge in [0.05, 0.1) is 12.3 Å². The maximum absolute atomic E-state index is 11.3. The van der Waals surface area contributed by atoms with E-state index in [1.807, 2.05) is 43.2 Å². The Balaban J connectivity index is 2.42. The average molecular weight is 291 g/mol. The minimum Gasteiger partial charge on any atom is -0.466 e. The summed E-state index contributed by atoms with van der Waals surface area (Å²) in [5.41, 5.74) is 1.92. The van der Waals surface area contributed by atoms with Crippen molar-refractivity contribution in [3.63, 3.8) is 0 Å². The third-order valence-corrected chi connectivity index (χ3v) is 3.01. The lowest BCUT2D eigenvalue weighted by Gasteiger charge is -2.09. The number of esters is 1. The molecule has 0 atom stereocenters. The van der Waals surface area contributed by atoms with E-state index in [1.165, 1.54) is 0 Å². The number of benzene rings is 1. The van der Waals surface area contributed by atoms with Gasteiger partial charge in [0.15, 0.2) is 0 Å². The molecule has 0 amide bonds. The van der Waals surface area contributed by atoms with Gasteiger partial charge in [-0.25, -0.2) is 0 Å². The van der Waals surface area contributed by atoms with Crippen LogP contribution < -0.4 is 0 Å². The van der Waals surface area contributed by atoms with Crippen molar-refractivity contribution in [3.8, 4) is 0 Å². The van der Waals surface area contributed by atoms with Crippen LogP contribution in [0, 0.1) is 0 Å². The smallest absolute Gasteiger partial charge is 0.306 e. The van der Waals surface area contributed by atoms with Crippen molar-refractivity contribution in [2.45, 2.75) is 39.5 Å². The monoisotopic (exact) mass is 291 g/mol. The molecule has 116 valence electrons. The molecule has 0 spiro atoms. The van der Waals surface area contributed by atoms with Crippen molar-refractivity contribution in [1.29, 1.82) is 0 Å². The van der Waals surface area contributed by atoms with E-state index in [-0.39, 0.29) is 5.97 Å². The van der Waals surface area contributed by atoms with Gasteiger partial charge in [0.25, 0.3) is 0 Å². The number of carbonyl (C=O) groups excluding carboxylic acids is 1. The summed E-state index contributed by atoms with van der Waals surface area (Å²) in [6.45, 7) is 5.32. The standard InChI is InChI=1S/C16H25N3O2/c1-4-6-13-19(3)18-17-15-10-7-14(8-11-15)9-12-16(20)21-5-2/h7-8,10-11H,4-6,9,12-13H2,1-3H3. The highest BCUT2D eigenvalue weighted by molar-refractivity contribution is 5.69. The number of rotatable bonds is 9. The highest BCUT2D eigenvalue weighted by Crippen LogP contribution is 2.15. The largest absolute Gasteiger partial charge is 0.466 e. The molecule has 0 saturated carbocycles. The Morgan fingerprint density at radius 2 is 1.95 bits per heavy atom. The fourth-order valence-corrected chi connectivity index (χ4v) is 1.77. The lowest BCUT2D eigenvalue weighted by molar-refractivity contribution is -0.143. The van der Waals surface area contributed by atoms with Gasteiger partial charge in [-0.2, -0.15) is 0 Å². The molecular formula is C16H25N3O2. The number of carbonyl (C=O) groups is 1. The molecule has 0 fully saturated rings. The number of ether oxygens (including phenoxy) is 1. The maximum atomic E-state index is 11.3. The first-order valence-electron chi connectivity index (χ1n) is 7.53. The van der Waals surface area contributed by atoms with Crippen LogP contribution in [-0.2, 0) is 16.0 Å². The van der Waals surface area contributed by atoms with Gasteiger partial charge in [-0.15, -0.1) is 5.11 Å². The van der Waals surface area contributed by atoms with E-state index < -0.39 is 0 Å². The Morgan fingerprint density at radius 1 is 1.24 bits per heavy atom. The summed E-state index contributed by atoms with van der Waals surface area (Å²) < 4.78 is 4.91. The van der Waals surface area contributed by atoms with Crippen molar-refractivity contribution in [2.24, 2.45) is 10.3 Å². The molecule has 5 heteroatoms. The van der Waals surface area contributed by atoms with Gasteiger partial charge in [-0.05, 0) is 37.5 Å². The first-order valence-corrected chi connectivity index (χ1v) is 7.53. The van der Waals surface area contributed by atoms with Crippen LogP contribution >= 0.6 is 0 Å². The molecule has 0 radical (unpaired) electrons. The molecule has 1 rings (SSSR count). The zero-order valence-corrected chi connectivity index (χ0v) is 13.2. The van der Waals surface area contributed by atoms with E-state index in [2.05, 4.69) is 17.3 Å². The Morgan fingerprint density at radius 3 is 2.57 bits per heavy atom. The van der Waals surface area contributed by atoms with Gasteiger partial charge in [-0.1, -0.05) is 30.7 Å². The van der Waals surface area contributed by atoms with E-state index in [9.17, 15) is 4.79 Å². The number of hydrogen-bond donors (Lipinski definition) is 0. The van der Waals surface area contributed by atoms with E-state index in [4.69, 9.17) is 4.74 Å². The van der Waals surface area contributed by atoms with E-state index in [1.54, 1.807) is 0 Å². The highest BCUT2D eigenvalue weighted by atomic mass is 16.5. The Kier molecular flexibility index (Phi) is 8.09. The van der Waals surface area contributed by atoms with E-state index >= 15 is 0 Å².